The maximum absolute atomic E-state index is 11.7. The van der Waals surface area contributed by atoms with Crippen LogP contribution in [0.25, 0.3) is 0 Å². The quantitative estimate of drug-likeness (QED) is 0.749. The number of hydrogen-bond acceptors (Lipinski definition) is 2. The lowest BCUT2D eigenvalue weighted by atomic mass is 9.89. The molecule has 2 unspecified atom stereocenters. The van der Waals surface area contributed by atoms with E-state index in [1.54, 1.807) is 0 Å². The van der Waals surface area contributed by atoms with Crippen LogP contribution in [0.3, 0.4) is 0 Å². The Kier molecular flexibility index (Phi) is 3.32. The van der Waals surface area contributed by atoms with Gasteiger partial charge in [0, 0.05) is 23.5 Å². The van der Waals surface area contributed by atoms with Crippen LogP contribution in [-0.2, 0) is 0 Å². The summed E-state index contributed by atoms with van der Waals surface area (Å²) in [6.45, 7) is 2.59. The SMILES string of the molecule is Cc1cc(Br)cc2c1N(C(=O)O)C1CCN(C(=O)O)CC21. The van der Waals surface area contributed by atoms with Crippen LogP contribution in [0.4, 0.5) is 15.3 Å². The Balaban J connectivity index is 2.09. The Hall–Kier alpha value is -1.76. The van der Waals surface area contributed by atoms with Crippen molar-refractivity contribution >= 4 is 33.8 Å². The van der Waals surface area contributed by atoms with Gasteiger partial charge in [-0.05, 0) is 36.6 Å². The summed E-state index contributed by atoms with van der Waals surface area (Å²) in [5, 5.41) is 18.7. The summed E-state index contributed by atoms with van der Waals surface area (Å²) >= 11 is 3.44. The smallest absolute Gasteiger partial charge is 0.412 e. The van der Waals surface area contributed by atoms with Crippen LogP contribution in [0.5, 0.6) is 0 Å². The molecule has 2 amide bonds. The van der Waals surface area contributed by atoms with Crippen molar-refractivity contribution in [1.82, 2.24) is 4.90 Å². The fraction of sp³-hybridized carbons (Fsp3) is 0.429. The van der Waals surface area contributed by atoms with Crippen LogP contribution in [0.15, 0.2) is 16.6 Å². The van der Waals surface area contributed by atoms with Crippen LogP contribution < -0.4 is 4.90 Å². The highest BCUT2D eigenvalue weighted by Gasteiger charge is 2.46. The first-order valence-corrected chi connectivity index (χ1v) is 7.49. The molecule has 2 atom stereocenters. The second kappa shape index (κ2) is 4.91. The van der Waals surface area contributed by atoms with Crippen molar-refractivity contribution in [3.8, 4) is 0 Å². The molecule has 2 aliphatic heterocycles. The Bertz CT molecular complexity index is 634. The van der Waals surface area contributed by atoms with Crippen molar-refractivity contribution in [1.29, 1.82) is 0 Å². The van der Waals surface area contributed by atoms with E-state index in [4.69, 9.17) is 0 Å². The van der Waals surface area contributed by atoms with Gasteiger partial charge in [0.05, 0.1) is 11.7 Å². The Labute approximate surface area is 130 Å². The number of halogens is 1. The maximum atomic E-state index is 11.7. The Morgan fingerprint density at radius 3 is 2.62 bits per heavy atom. The molecule has 6 nitrogen and oxygen atoms in total. The van der Waals surface area contributed by atoms with E-state index in [2.05, 4.69) is 15.9 Å². The van der Waals surface area contributed by atoms with Gasteiger partial charge in [0.2, 0.25) is 0 Å². The number of carbonyl (C=O) groups is 2. The molecule has 0 bridgehead atoms. The van der Waals surface area contributed by atoms with Crippen LogP contribution in [-0.4, -0.2) is 46.4 Å². The van der Waals surface area contributed by atoms with Crippen LogP contribution in [0.2, 0.25) is 0 Å². The molecule has 1 fully saturated rings. The summed E-state index contributed by atoms with van der Waals surface area (Å²) in [7, 11) is 0. The van der Waals surface area contributed by atoms with Crippen LogP contribution in [0.1, 0.15) is 23.5 Å². The second-order valence-electron chi connectivity index (χ2n) is 5.50. The van der Waals surface area contributed by atoms with Crippen molar-refractivity contribution in [3.63, 3.8) is 0 Å². The van der Waals surface area contributed by atoms with Gasteiger partial charge >= 0.3 is 12.2 Å². The minimum absolute atomic E-state index is 0.0999. The van der Waals surface area contributed by atoms with Gasteiger partial charge in [0.15, 0.2) is 0 Å². The van der Waals surface area contributed by atoms with Crippen molar-refractivity contribution < 1.29 is 19.8 Å². The van der Waals surface area contributed by atoms with Crippen LogP contribution in [0, 0.1) is 6.92 Å². The molecular weight excluding hydrogens is 340 g/mol. The molecule has 1 aromatic rings. The summed E-state index contributed by atoms with van der Waals surface area (Å²) in [4.78, 5) is 25.6. The van der Waals surface area contributed by atoms with E-state index in [9.17, 15) is 19.8 Å². The first-order valence-electron chi connectivity index (χ1n) is 6.70. The number of anilines is 1. The van der Waals surface area contributed by atoms with E-state index in [0.29, 0.717) is 25.2 Å². The van der Waals surface area contributed by atoms with Gasteiger partial charge in [0.1, 0.15) is 0 Å². The predicted molar refractivity (Wildman–Crippen MR) is 80.1 cm³/mol. The van der Waals surface area contributed by atoms with Crippen molar-refractivity contribution in [2.45, 2.75) is 25.3 Å². The molecule has 3 rings (SSSR count). The zero-order valence-electron chi connectivity index (χ0n) is 11.4. The topological polar surface area (TPSA) is 81.1 Å². The largest absolute Gasteiger partial charge is 0.465 e. The Morgan fingerprint density at radius 1 is 1.29 bits per heavy atom. The number of likely N-dealkylation sites (tertiary alicyclic amines) is 1. The van der Waals surface area contributed by atoms with Crippen molar-refractivity contribution in [2.75, 3.05) is 18.0 Å². The molecule has 1 aromatic carbocycles. The third-order valence-electron chi connectivity index (χ3n) is 4.32. The number of fused-ring (bicyclic) bond motifs is 3. The van der Waals surface area contributed by atoms with E-state index >= 15 is 0 Å². The molecule has 0 radical (unpaired) electrons. The van der Waals surface area contributed by atoms with E-state index in [0.717, 1.165) is 15.6 Å². The first-order chi connectivity index (χ1) is 9.90. The number of benzene rings is 1. The molecule has 0 aromatic heterocycles. The standard InChI is InChI=1S/C14H15BrN2O4/c1-7-4-8(15)5-9-10-6-16(13(18)19)3-2-11(10)17(12(7)9)14(20)21/h4-5,10-11H,2-3,6H2,1H3,(H,18,19)(H,20,21). The predicted octanol–water partition coefficient (Wildman–Crippen LogP) is 3.09. The summed E-state index contributed by atoms with van der Waals surface area (Å²) in [6.07, 6.45) is -1.40. The number of amides is 2. The fourth-order valence-electron chi connectivity index (χ4n) is 3.50. The molecule has 2 N–H and O–H groups in total. The normalized spacial score (nSPS) is 23.7. The minimum Gasteiger partial charge on any atom is -0.465 e. The van der Waals surface area contributed by atoms with E-state index in [-0.39, 0.29) is 12.0 Å². The van der Waals surface area contributed by atoms with Gasteiger partial charge in [-0.1, -0.05) is 15.9 Å². The zero-order valence-corrected chi connectivity index (χ0v) is 13.0. The minimum atomic E-state index is -0.974. The van der Waals surface area contributed by atoms with E-state index in [1.165, 1.54) is 9.80 Å². The average Bonchev–Trinajstić information content (AvgIpc) is 2.72. The van der Waals surface area contributed by atoms with Gasteiger partial charge in [-0.15, -0.1) is 0 Å². The molecule has 2 aliphatic rings. The maximum Gasteiger partial charge on any atom is 0.412 e. The molecule has 0 spiro atoms. The average molecular weight is 355 g/mol. The zero-order chi connectivity index (χ0) is 15.3. The third kappa shape index (κ3) is 2.16. The van der Waals surface area contributed by atoms with Crippen LogP contribution >= 0.6 is 15.9 Å². The lowest BCUT2D eigenvalue weighted by Crippen LogP contribution is -2.49. The van der Waals surface area contributed by atoms with Gasteiger partial charge < -0.3 is 15.1 Å². The molecule has 7 heteroatoms. The number of nitrogens with zero attached hydrogens (tertiary/aromatic N) is 2. The monoisotopic (exact) mass is 354 g/mol. The second-order valence-corrected chi connectivity index (χ2v) is 6.42. The fourth-order valence-corrected chi connectivity index (χ4v) is 4.09. The number of aryl methyl sites for hydroxylation is 1. The van der Waals surface area contributed by atoms with Gasteiger partial charge in [0.25, 0.3) is 0 Å². The highest BCUT2D eigenvalue weighted by Crippen LogP contribution is 2.47. The van der Waals surface area contributed by atoms with Gasteiger partial charge in [-0.3, -0.25) is 4.90 Å². The molecule has 112 valence electrons. The molecule has 0 aliphatic carbocycles. The molecule has 0 saturated carbocycles. The molecule has 1 saturated heterocycles. The third-order valence-corrected chi connectivity index (χ3v) is 4.78. The van der Waals surface area contributed by atoms with E-state index in [1.807, 2.05) is 19.1 Å². The first kappa shape index (κ1) is 14.2. The highest BCUT2D eigenvalue weighted by atomic mass is 79.9. The highest BCUT2D eigenvalue weighted by molar-refractivity contribution is 9.10. The Morgan fingerprint density at radius 2 is 2.00 bits per heavy atom. The lowest BCUT2D eigenvalue weighted by molar-refractivity contribution is 0.126. The summed E-state index contributed by atoms with van der Waals surface area (Å²) in [5.41, 5.74) is 2.52. The van der Waals surface area contributed by atoms with Gasteiger partial charge in [-0.25, -0.2) is 9.59 Å². The van der Waals surface area contributed by atoms with Crippen molar-refractivity contribution in [2.24, 2.45) is 0 Å². The number of piperidine rings is 1. The number of rotatable bonds is 0. The molecule has 21 heavy (non-hydrogen) atoms. The summed E-state index contributed by atoms with van der Waals surface area (Å²) in [5.74, 6) is -0.0999. The van der Waals surface area contributed by atoms with Crippen molar-refractivity contribution in [3.05, 3.63) is 27.7 Å². The number of hydrogen-bond donors (Lipinski definition) is 2. The van der Waals surface area contributed by atoms with E-state index < -0.39 is 12.2 Å². The lowest BCUT2D eigenvalue weighted by Gasteiger charge is -2.35. The summed E-state index contributed by atoms with van der Waals surface area (Å²) < 4.78 is 0.886. The summed E-state index contributed by atoms with van der Waals surface area (Å²) in [6, 6.07) is 3.62. The molecule has 2 heterocycles. The molecular formula is C14H15BrN2O4. The van der Waals surface area contributed by atoms with Gasteiger partial charge in [-0.2, -0.15) is 0 Å². The number of carboxylic acid groups (broad SMARTS) is 2.